The Balaban J connectivity index is 0.000000469. The van der Waals surface area contributed by atoms with Gasteiger partial charge in [0.1, 0.15) is 5.75 Å². The molecule has 160 valence electrons. The van der Waals surface area contributed by atoms with Gasteiger partial charge in [-0.05, 0) is 36.4 Å². The van der Waals surface area contributed by atoms with E-state index < -0.39 is 11.9 Å². The lowest BCUT2D eigenvalue weighted by atomic mass is 10.2. The van der Waals surface area contributed by atoms with E-state index in [9.17, 15) is 4.79 Å². The maximum absolute atomic E-state index is 12.3. The number of amides is 1. The molecule has 1 saturated heterocycles. The smallest absolute Gasteiger partial charge is 0.414 e. The minimum Gasteiger partial charge on any atom is -0.484 e. The van der Waals surface area contributed by atoms with Crippen LogP contribution in [0.1, 0.15) is 5.69 Å². The summed E-state index contributed by atoms with van der Waals surface area (Å²) in [6, 6.07) is 13.5. The van der Waals surface area contributed by atoms with E-state index in [0.29, 0.717) is 5.75 Å². The lowest BCUT2D eigenvalue weighted by Gasteiger charge is -2.34. The normalized spacial score (nSPS) is 13.7. The summed E-state index contributed by atoms with van der Waals surface area (Å²) in [5.74, 6) is -2.90. The summed E-state index contributed by atoms with van der Waals surface area (Å²) in [4.78, 5) is 39.0. The molecule has 0 bridgehead atoms. The number of piperazine rings is 1. The summed E-state index contributed by atoms with van der Waals surface area (Å²) in [7, 11) is 0. The SMILES string of the molecule is O=C(COc1ccc(Br)cc1)N1CCN(Cc2ccccn2)CC1.O=C(O)C(=O)O. The maximum atomic E-state index is 12.3. The number of hydrogen-bond acceptors (Lipinski definition) is 6. The summed E-state index contributed by atoms with van der Waals surface area (Å²) in [5.41, 5.74) is 1.07. The standard InChI is InChI=1S/C18H20BrN3O2.C2H2O4/c19-15-4-6-17(7-5-15)24-14-18(23)22-11-9-21(10-12-22)13-16-3-1-2-8-20-16;3-1(4)2(5)6/h1-8H,9-14H2;(H,3,4)(H,5,6). The largest absolute Gasteiger partial charge is 0.484 e. The first kappa shape index (κ1) is 23.3. The first-order chi connectivity index (χ1) is 14.3. The van der Waals surface area contributed by atoms with Crippen LogP contribution in [-0.4, -0.2) is 75.6 Å². The molecule has 1 aliphatic heterocycles. The Morgan fingerprint density at radius 3 is 2.13 bits per heavy atom. The third kappa shape index (κ3) is 8.18. The Labute approximate surface area is 182 Å². The molecule has 1 aromatic carbocycles. The highest BCUT2D eigenvalue weighted by atomic mass is 79.9. The number of nitrogens with zero attached hydrogens (tertiary/aromatic N) is 3. The molecule has 0 saturated carbocycles. The number of carbonyl (C=O) groups is 3. The molecule has 3 rings (SSSR count). The van der Waals surface area contributed by atoms with Crippen molar-refractivity contribution >= 4 is 33.8 Å². The van der Waals surface area contributed by atoms with Crippen LogP contribution in [0, 0.1) is 0 Å². The van der Waals surface area contributed by atoms with E-state index in [1.54, 1.807) is 0 Å². The molecule has 2 aromatic rings. The molecular weight excluding hydrogens is 458 g/mol. The molecule has 1 aromatic heterocycles. The molecule has 1 aliphatic rings. The number of ether oxygens (including phenoxy) is 1. The van der Waals surface area contributed by atoms with Crippen molar-refractivity contribution in [2.75, 3.05) is 32.8 Å². The average molecular weight is 480 g/mol. The van der Waals surface area contributed by atoms with Gasteiger partial charge in [0.15, 0.2) is 6.61 Å². The summed E-state index contributed by atoms with van der Waals surface area (Å²) in [5, 5.41) is 14.8. The fourth-order valence-electron chi connectivity index (χ4n) is 2.64. The molecule has 9 nitrogen and oxygen atoms in total. The van der Waals surface area contributed by atoms with E-state index in [4.69, 9.17) is 24.5 Å². The lowest BCUT2D eigenvalue weighted by molar-refractivity contribution is -0.159. The highest BCUT2D eigenvalue weighted by Crippen LogP contribution is 2.16. The molecule has 1 amide bonds. The van der Waals surface area contributed by atoms with Crippen molar-refractivity contribution in [3.05, 3.63) is 58.8 Å². The van der Waals surface area contributed by atoms with Crippen molar-refractivity contribution in [2.45, 2.75) is 6.54 Å². The van der Waals surface area contributed by atoms with Gasteiger partial charge >= 0.3 is 11.9 Å². The molecule has 0 aliphatic carbocycles. The summed E-state index contributed by atoms with van der Waals surface area (Å²) in [6.45, 7) is 4.10. The fraction of sp³-hybridized carbons (Fsp3) is 0.300. The fourth-order valence-corrected chi connectivity index (χ4v) is 2.91. The maximum Gasteiger partial charge on any atom is 0.414 e. The van der Waals surface area contributed by atoms with Gasteiger partial charge in [-0.2, -0.15) is 0 Å². The average Bonchev–Trinajstić information content (AvgIpc) is 2.75. The third-order valence-electron chi connectivity index (χ3n) is 4.20. The molecular formula is C20H22BrN3O6. The Morgan fingerprint density at radius 2 is 1.60 bits per heavy atom. The zero-order valence-electron chi connectivity index (χ0n) is 16.1. The van der Waals surface area contributed by atoms with Crippen molar-refractivity contribution in [3.63, 3.8) is 0 Å². The second kappa shape index (κ2) is 11.9. The van der Waals surface area contributed by atoms with Crippen LogP contribution < -0.4 is 4.74 Å². The van der Waals surface area contributed by atoms with Crippen molar-refractivity contribution in [3.8, 4) is 5.75 Å². The molecule has 2 heterocycles. The van der Waals surface area contributed by atoms with Gasteiger partial charge in [0.05, 0.1) is 5.69 Å². The Hall–Kier alpha value is -2.98. The van der Waals surface area contributed by atoms with Crippen molar-refractivity contribution < 1.29 is 29.3 Å². The topological polar surface area (TPSA) is 120 Å². The van der Waals surface area contributed by atoms with Crippen molar-refractivity contribution in [2.24, 2.45) is 0 Å². The molecule has 30 heavy (non-hydrogen) atoms. The van der Waals surface area contributed by atoms with Gasteiger partial charge in [0.2, 0.25) is 0 Å². The molecule has 0 radical (unpaired) electrons. The first-order valence-corrected chi connectivity index (χ1v) is 9.89. The predicted octanol–water partition coefficient (Wildman–Crippen LogP) is 1.72. The number of carbonyl (C=O) groups excluding carboxylic acids is 1. The number of pyridine rings is 1. The van der Waals surface area contributed by atoms with Crippen LogP contribution >= 0.6 is 15.9 Å². The van der Waals surface area contributed by atoms with E-state index in [1.165, 1.54) is 0 Å². The number of halogens is 1. The molecule has 1 fully saturated rings. The monoisotopic (exact) mass is 479 g/mol. The number of rotatable bonds is 5. The van der Waals surface area contributed by atoms with Crippen LogP contribution in [0.15, 0.2) is 53.1 Å². The molecule has 0 atom stereocenters. The van der Waals surface area contributed by atoms with E-state index in [-0.39, 0.29) is 12.5 Å². The third-order valence-corrected chi connectivity index (χ3v) is 4.72. The van der Waals surface area contributed by atoms with E-state index in [2.05, 4.69) is 25.8 Å². The van der Waals surface area contributed by atoms with Crippen LogP contribution in [0.4, 0.5) is 0 Å². The van der Waals surface area contributed by atoms with Crippen molar-refractivity contribution in [1.29, 1.82) is 0 Å². The summed E-state index contributed by atoms with van der Waals surface area (Å²) < 4.78 is 6.55. The van der Waals surface area contributed by atoms with Crippen LogP contribution in [0.25, 0.3) is 0 Å². The second-order valence-electron chi connectivity index (χ2n) is 6.33. The number of carboxylic acid groups (broad SMARTS) is 2. The number of hydrogen-bond donors (Lipinski definition) is 2. The van der Waals surface area contributed by atoms with Gasteiger partial charge in [-0.1, -0.05) is 22.0 Å². The number of carboxylic acids is 2. The van der Waals surface area contributed by atoms with Gasteiger partial charge in [-0.3, -0.25) is 14.7 Å². The zero-order chi connectivity index (χ0) is 21.9. The second-order valence-corrected chi connectivity index (χ2v) is 7.25. The van der Waals surface area contributed by atoms with Crippen molar-refractivity contribution in [1.82, 2.24) is 14.8 Å². The Morgan fingerprint density at radius 1 is 0.967 bits per heavy atom. The van der Waals surface area contributed by atoms with Crippen LogP contribution in [-0.2, 0) is 20.9 Å². The van der Waals surface area contributed by atoms with Gasteiger partial charge in [0, 0.05) is 43.4 Å². The Kier molecular flexibility index (Phi) is 9.23. The van der Waals surface area contributed by atoms with Gasteiger partial charge in [-0.25, -0.2) is 9.59 Å². The first-order valence-electron chi connectivity index (χ1n) is 9.10. The predicted molar refractivity (Wildman–Crippen MR) is 111 cm³/mol. The highest BCUT2D eigenvalue weighted by molar-refractivity contribution is 9.10. The van der Waals surface area contributed by atoms with Crippen LogP contribution in [0.2, 0.25) is 0 Å². The summed E-state index contributed by atoms with van der Waals surface area (Å²) >= 11 is 3.38. The number of aliphatic carboxylic acids is 2. The van der Waals surface area contributed by atoms with Crippen LogP contribution in [0.3, 0.4) is 0 Å². The quantitative estimate of drug-likeness (QED) is 0.621. The zero-order valence-corrected chi connectivity index (χ0v) is 17.7. The van der Waals surface area contributed by atoms with Crippen LogP contribution in [0.5, 0.6) is 5.75 Å². The lowest BCUT2D eigenvalue weighted by Crippen LogP contribution is -2.49. The molecule has 0 unspecified atom stereocenters. The Bertz CT molecular complexity index is 827. The number of benzene rings is 1. The molecule has 0 spiro atoms. The van der Waals surface area contributed by atoms with E-state index in [0.717, 1.165) is 42.9 Å². The minimum atomic E-state index is -1.82. The van der Waals surface area contributed by atoms with Gasteiger partial charge in [0.25, 0.3) is 5.91 Å². The summed E-state index contributed by atoms with van der Waals surface area (Å²) in [6.07, 6.45) is 1.81. The van der Waals surface area contributed by atoms with E-state index >= 15 is 0 Å². The molecule has 10 heteroatoms. The van der Waals surface area contributed by atoms with E-state index in [1.807, 2.05) is 53.6 Å². The number of aromatic nitrogens is 1. The molecule has 2 N–H and O–H groups in total. The van der Waals surface area contributed by atoms with Gasteiger partial charge < -0.3 is 19.8 Å². The highest BCUT2D eigenvalue weighted by Gasteiger charge is 2.21. The van der Waals surface area contributed by atoms with Gasteiger partial charge in [-0.15, -0.1) is 0 Å². The minimum absolute atomic E-state index is 0.0374.